The molecule has 0 fully saturated rings. The number of nitriles is 1. The first-order valence-corrected chi connectivity index (χ1v) is 5.42. The summed E-state index contributed by atoms with van der Waals surface area (Å²) in [4.78, 5) is 21.6. The van der Waals surface area contributed by atoms with Crippen LogP contribution in [0.3, 0.4) is 0 Å². The molecular weight excluding hydrogens is 230 g/mol. The number of ketones is 1. The highest BCUT2D eigenvalue weighted by Gasteiger charge is 2.05. The number of hydrogen-bond donors (Lipinski definition) is 1. The van der Waals surface area contributed by atoms with E-state index in [0.717, 1.165) is 17.2 Å². The van der Waals surface area contributed by atoms with Gasteiger partial charge in [-0.25, -0.2) is 4.79 Å². The van der Waals surface area contributed by atoms with Gasteiger partial charge in [0.25, 0.3) is 0 Å². The Labute approximate surface area is 105 Å². The molecule has 1 aromatic carbocycles. The minimum Gasteiger partial charge on any atom is -0.478 e. The number of benzene rings is 1. The lowest BCUT2D eigenvalue weighted by Crippen LogP contribution is -2.01. The third kappa shape index (κ3) is 4.22. The molecule has 4 nitrogen and oxygen atoms in total. The van der Waals surface area contributed by atoms with Crippen molar-refractivity contribution in [2.45, 2.75) is 19.8 Å². The van der Waals surface area contributed by atoms with Gasteiger partial charge in [-0.2, -0.15) is 5.26 Å². The molecule has 0 saturated carbocycles. The van der Waals surface area contributed by atoms with Gasteiger partial charge in [-0.1, -0.05) is 18.2 Å². The van der Waals surface area contributed by atoms with Gasteiger partial charge in [-0.05, 0) is 29.7 Å². The fourth-order valence-electron chi connectivity index (χ4n) is 1.61. The van der Waals surface area contributed by atoms with E-state index in [1.165, 1.54) is 13.0 Å². The van der Waals surface area contributed by atoms with Crippen LogP contribution >= 0.6 is 0 Å². The van der Waals surface area contributed by atoms with Gasteiger partial charge in [0.05, 0.1) is 12.5 Å². The van der Waals surface area contributed by atoms with Crippen LogP contribution in [0.5, 0.6) is 0 Å². The number of carbonyl (C=O) groups excluding carboxylic acids is 1. The first-order chi connectivity index (χ1) is 8.52. The maximum atomic E-state index is 11.2. The molecule has 1 rings (SSSR count). The van der Waals surface area contributed by atoms with Crippen molar-refractivity contribution in [1.29, 1.82) is 5.26 Å². The minimum absolute atomic E-state index is 0.00792. The van der Waals surface area contributed by atoms with E-state index in [0.29, 0.717) is 5.56 Å². The minimum atomic E-state index is -1.02. The fraction of sp³-hybridized carbons (Fsp3) is 0.214. The lowest BCUT2D eigenvalue weighted by Gasteiger charge is -2.06. The van der Waals surface area contributed by atoms with Crippen molar-refractivity contribution in [2.24, 2.45) is 0 Å². The second-order valence-electron chi connectivity index (χ2n) is 3.91. The molecule has 0 atom stereocenters. The number of carboxylic acid groups (broad SMARTS) is 1. The fourth-order valence-corrected chi connectivity index (χ4v) is 1.61. The molecule has 18 heavy (non-hydrogen) atoms. The van der Waals surface area contributed by atoms with Gasteiger partial charge in [0.2, 0.25) is 0 Å². The third-order valence-corrected chi connectivity index (χ3v) is 2.36. The molecule has 0 amide bonds. The lowest BCUT2D eigenvalue weighted by atomic mass is 9.98. The first kappa shape index (κ1) is 13.7. The highest BCUT2D eigenvalue weighted by atomic mass is 16.4. The zero-order valence-electron chi connectivity index (χ0n) is 10.0. The predicted molar refractivity (Wildman–Crippen MR) is 66.8 cm³/mol. The van der Waals surface area contributed by atoms with Gasteiger partial charge >= 0.3 is 5.97 Å². The number of nitrogens with zero attached hydrogens (tertiary/aromatic N) is 1. The van der Waals surface area contributed by atoms with Gasteiger partial charge in [-0.15, -0.1) is 0 Å². The highest BCUT2D eigenvalue weighted by Crippen LogP contribution is 2.15. The van der Waals surface area contributed by atoms with E-state index in [-0.39, 0.29) is 18.6 Å². The standard InChI is InChI=1S/C14H13NO3/c1-10(16)8-13-9-11(3-5-14(17)18)2-4-12(13)6-7-15/h2-5,9H,6,8H2,1H3,(H,17,18)/b5-3+. The van der Waals surface area contributed by atoms with Crippen molar-refractivity contribution in [3.05, 3.63) is 41.0 Å². The number of hydrogen-bond acceptors (Lipinski definition) is 3. The van der Waals surface area contributed by atoms with Crippen LogP contribution in [0.15, 0.2) is 24.3 Å². The number of rotatable bonds is 5. The second-order valence-corrected chi connectivity index (χ2v) is 3.91. The average Bonchev–Trinajstić information content (AvgIpc) is 2.29. The highest BCUT2D eigenvalue weighted by molar-refractivity contribution is 5.85. The molecule has 0 saturated heterocycles. The van der Waals surface area contributed by atoms with E-state index in [4.69, 9.17) is 10.4 Å². The van der Waals surface area contributed by atoms with E-state index in [2.05, 4.69) is 0 Å². The van der Waals surface area contributed by atoms with Gasteiger partial charge in [0, 0.05) is 12.5 Å². The summed E-state index contributed by atoms with van der Waals surface area (Å²) in [6.07, 6.45) is 3.00. The van der Waals surface area contributed by atoms with Crippen LogP contribution in [0, 0.1) is 11.3 Å². The molecule has 0 aliphatic rings. The van der Waals surface area contributed by atoms with Crippen molar-refractivity contribution < 1.29 is 14.7 Å². The lowest BCUT2D eigenvalue weighted by molar-refractivity contribution is -0.131. The first-order valence-electron chi connectivity index (χ1n) is 5.42. The summed E-state index contributed by atoms with van der Waals surface area (Å²) in [6.45, 7) is 1.48. The van der Waals surface area contributed by atoms with Crippen LogP contribution in [-0.4, -0.2) is 16.9 Å². The van der Waals surface area contributed by atoms with Crippen molar-refractivity contribution in [1.82, 2.24) is 0 Å². The summed E-state index contributed by atoms with van der Waals surface area (Å²) in [5.74, 6) is -1.02. The van der Waals surface area contributed by atoms with Crippen LogP contribution in [0.4, 0.5) is 0 Å². The molecule has 0 bridgehead atoms. The quantitative estimate of drug-likeness (QED) is 0.802. The van der Waals surface area contributed by atoms with E-state index in [9.17, 15) is 9.59 Å². The van der Waals surface area contributed by atoms with E-state index in [1.54, 1.807) is 18.2 Å². The largest absolute Gasteiger partial charge is 0.478 e. The Morgan fingerprint density at radius 2 is 2.11 bits per heavy atom. The molecule has 0 heterocycles. The summed E-state index contributed by atoms with van der Waals surface area (Å²) >= 11 is 0. The number of carboxylic acids is 1. The number of Topliss-reactive ketones (excluding diaryl/α,β-unsaturated/α-hetero) is 1. The summed E-state index contributed by atoms with van der Waals surface area (Å²) in [5, 5.41) is 17.2. The van der Waals surface area contributed by atoms with Gasteiger partial charge in [-0.3, -0.25) is 4.79 Å². The molecule has 1 N–H and O–H groups in total. The molecule has 0 aliphatic carbocycles. The molecule has 0 unspecified atom stereocenters. The Morgan fingerprint density at radius 1 is 1.39 bits per heavy atom. The zero-order valence-corrected chi connectivity index (χ0v) is 10.0. The average molecular weight is 243 g/mol. The van der Waals surface area contributed by atoms with Crippen LogP contribution in [0.25, 0.3) is 6.08 Å². The second kappa shape index (κ2) is 6.36. The summed E-state index contributed by atoms with van der Waals surface area (Å²) in [7, 11) is 0. The molecule has 0 aliphatic heterocycles. The molecule has 92 valence electrons. The predicted octanol–water partition coefficient (Wildman–Crippen LogP) is 1.98. The molecule has 4 heteroatoms. The van der Waals surface area contributed by atoms with Crippen LogP contribution < -0.4 is 0 Å². The summed E-state index contributed by atoms with van der Waals surface area (Å²) < 4.78 is 0. The topological polar surface area (TPSA) is 78.2 Å². The zero-order chi connectivity index (χ0) is 13.5. The Balaban J connectivity index is 3.08. The van der Waals surface area contributed by atoms with Crippen LogP contribution in [0.2, 0.25) is 0 Å². The molecule has 0 aromatic heterocycles. The Hall–Kier alpha value is -2.41. The number of carbonyl (C=O) groups is 2. The van der Waals surface area contributed by atoms with Gasteiger partial charge < -0.3 is 5.11 Å². The van der Waals surface area contributed by atoms with Crippen molar-refractivity contribution in [3.63, 3.8) is 0 Å². The van der Waals surface area contributed by atoms with E-state index < -0.39 is 5.97 Å². The maximum absolute atomic E-state index is 11.2. The van der Waals surface area contributed by atoms with Gasteiger partial charge in [0.1, 0.15) is 5.78 Å². The summed E-state index contributed by atoms with van der Waals surface area (Å²) in [6, 6.07) is 7.27. The SMILES string of the molecule is CC(=O)Cc1cc(/C=C/C(=O)O)ccc1CC#N. The summed E-state index contributed by atoms with van der Waals surface area (Å²) in [5.41, 5.74) is 2.28. The van der Waals surface area contributed by atoms with E-state index in [1.807, 2.05) is 6.07 Å². The van der Waals surface area contributed by atoms with Crippen molar-refractivity contribution in [3.8, 4) is 6.07 Å². The molecule has 0 radical (unpaired) electrons. The van der Waals surface area contributed by atoms with Crippen molar-refractivity contribution in [2.75, 3.05) is 0 Å². The van der Waals surface area contributed by atoms with Crippen LogP contribution in [-0.2, 0) is 22.4 Å². The maximum Gasteiger partial charge on any atom is 0.328 e. The van der Waals surface area contributed by atoms with Crippen LogP contribution in [0.1, 0.15) is 23.6 Å². The Kier molecular flexibility index (Phi) is 4.82. The van der Waals surface area contributed by atoms with E-state index >= 15 is 0 Å². The monoisotopic (exact) mass is 243 g/mol. The van der Waals surface area contributed by atoms with Gasteiger partial charge in [0.15, 0.2) is 0 Å². The number of aliphatic carboxylic acids is 1. The molecule has 0 spiro atoms. The third-order valence-electron chi connectivity index (χ3n) is 2.36. The van der Waals surface area contributed by atoms with Crippen molar-refractivity contribution >= 4 is 17.8 Å². The molecular formula is C14H13NO3. The molecule has 1 aromatic rings. The Bertz CT molecular complexity index is 538. The normalized spacial score (nSPS) is 10.2. The smallest absolute Gasteiger partial charge is 0.328 e. The Morgan fingerprint density at radius 3 is 2.67 bits per heavy atom.